The minimum absolute atomic E-state index is 0.0771. The van der Waals surface area contributed by atoms with E-state index in [1.807, 2.05) is 49.8 Å². The first-order valence-corrected chi connectivity index (χ1v) is 14.4. The summed E-state index contributed by atoms with van der Waals surface area (Å²) < 4.78 is 31.7. The lowest BCUT2D eigenvalue weighted by Gasteiger charge is -2.29. The fourth-order valence-electron chi connectivity index (χ4n) is 4.39. The van der Waals surface area contributed by atoms with Crippen molar-refractivity contribution >= 4 is 39.4 Å². The van der Waals surface area contributed by atoms with E-state index in [1.165, 1.54) is 30.5 Å². The number of nitrogen functional groups attached to an aromatic ring is 1. The van der Waals surface area contributed by atoms with E-state index in [4.69, 9.17) is 10.5 Å². The van der Waals surface area contributed by atoms with Crippen molar-refractivity contribution in [2.75, 3.05) is 17.6 Å². The van der Waals surface area contributed by atoms with Crippen LogP contribution in [0.1, 0.15) is 62.6 Å². The SMILES string of the molecule is CC(=O)NS(=O)(=O)c1ccc(NC(=O)c2nc(-c3ccc([C@@H]4CCCN4C(=O)OC(C)(C)C)cc3)cnc2N)cc1. The number of nitrogens with two attached hydrogens (primary N) is 1. The fourth-order valence-corrected chi connectivity index (χ4v) is 5.38. The van der Waals surface area contributed by atoms with Crippen molar-refractivity contribution in [2.24, 2.45) is 0 Å². The topological polar surface area (TPSA) is 174 Å². The summed E-state index contributed by atoms with van der Waals surface area (Å²) in [7, 11) is -4.00. The summed E-state index contributed by atoms with van der Waals surface area (Å²) in [6.07, 6.45) is 2.82. The molecule has 0 radical (unpaired) electrons. The smallest absolute Gasteiger partial charge is 0.410 e. The normalized spacial score (nSPS) is 15.3. The zero-order valence-electron chi connectivity index (χ0n) is 23.2. The second-order valence-corrected chi connectivity index (χ2v) is 12.3. The van der Waals surface area contributed by atoms with E-state index in [1.54, 1.807) is 4.90 Å². The highest BCUT2D eigenvalue weighted by atomic mass is 32.2. The van der Waals surface area contributed by atoms with Crippen molar-refractivity contribution < 1.29 is 27.5 Å². The molecule has 2 heterocycles. The van der Waals surface area contributed by atoms with Gasteiger partial charge in [0.25, 0.3) is 15.9 Å². The van der Waals surface area contributed by atoms with E-state index in [9.17, 15) is 22.8 Å². The Balaban J connectivity index is 1.49. The lowest BCUT2D eigenvalue weighted by molar-refractivity contribution is -0.117. The number of ether oxygens (including phenoxy) is 1. The van der Waals surface area contributed by atoms with Crippen LogP contribution in [-0.2, 0) is 19.6 Å². The standard InChI is InChI=1S/C28H32N6O6S/c1-17(35)33-41(38,39)21-13-11-20(12-14-21)31-26(36)24-25(29)30-16-22(32-24)18-7-9-19(10-8-18)23-6-5-15-34(23)27(37)40-28(2,3)4/h7-14,16,23H,5-6,15H2,1-4H3,(H2,29,30)(H,31,36)(H,33,35)/t23-/m0/s1. The van der Waals surface area contributed by atoms with E-state index in [2.05, 4.69) is 15.3 Å². The highest BCUT2D eigenvalue weighted by molar-refractivity contribution is 7.90. The minimum atomic E-state index is -4.00. The lowest BCUT2D eigenvalue weighted by atomic mass is 10.0. The molecule has 1 saturated heterocycles. The molecule has 1 aliphatic rings. The third-order valence-electron chi connectivity index (χ3n) is 6.19. The average Bonchev–Trinajstić information content (AvgIpc) is 3.38. The highest BCUT2D eigenvalue weighted by Crippen LogP contribution is 2.34. The Bertz CT molecular complexity index is 1570. The average molecular weight is 581 g/mol. The van der Waals surface area contributed by atoms with Crippen molar-refractivity contribution in [3.8, 4) is 11.3 Å². The first-order chi connectivity index (χ1) is 19.2. The first-order valence-electron chi connectivity index (χ1n) is 12.9. The van der Waals surface area contributed by atoms with Gasteiger partial charge >= 0.3 is 6.09 Å². The molecular weight excluding hydrogens is 548 g/mol. The van der Waals surface area contributed by atoms with Gasteiger partial charge in [0.15, 0.2) is 11.5 Å². The largest absolute Gasteiger partial charge is 0.444 e. The number of carbonyl (C=O) groups is 3. The molecular formula is C28H32N6O6S. The quantitative estimate of drug-likeness (QED) is 0.391. The second-order valence-electron chi connectivity index (χ2n) is 10.6. The molecule has 1 aromatic heterocycles. The van der Waals surface area contributed by atoms with Gasteiger partial charge in [0.2, 0.25) is 5.91 Å². The number of anilines is 2. The van der Waals surface area contributed by atoms with Gasteiger partial charge in [-0.3, -0.25) is 9.59 Å². The van der Waals surface area contributed by atoms with Crippen LogP contribution < -0.4 is 15.8 Å². The molecule has 1 fully saturated rings. The van der Waals surface area contributed by atoms with Crippen molar-refractivity contribution in [1.82, 2.24) is 19.6 Å². The number of rotatable bonds is 6. The van der Waals surface area contributed by atoms with Crippen LogP contribution in [0.2, 0.25) is 0 Å². The first kappa shape index (κ1) is 29.5. The molecule has 13 heteroatoms. The molecule has 0 aliphatic carbocycles. The van der Waals surface area contributed by atoms with E-state index in [-0.39, 0.29) is 28.5 Å². The lowest BCUT2D eigenvalue weighted by Crippen LogP contribution is -2.36. The van der Waals surface area contributed by atoms with Crippen LogP contribution >= 0.6 is 0 Å². The summed E-state index contributed by atoms with van der Waals surface area (Å²) in [6.45, 7) is 7.23. The molecule has 3 amide bonds. The van der Waals surface area contributed by atoms with Crippen LogP contribution in [0.5, 0.6) is 0 Å². The molecule has 2 aromatic carbocycles. The predicted octanol–water partition coefficient (Wildman–Crippen LogP) is 3.87. The number of nitrogens with one attached hydrogen (secondary N) is 2. The van der Waals surface area contributed by atoms with E-state index in [0.717, 1.165) is 25.3 Å². The van der Waals surface area contributed by atoms with Gasteiger partial charge in [0.1, 0.15) is 5.60 Å². The summed E-state index contributed by atoms with van der Waals surface area (Å²) in [4.78, 5) is 46.9. The van der Waals surface area contributed by atoms with Gasteiger partial charge < -0.3 is 20.7 Å². The van der Waals surface area contributed by atoms with Gasteiger partial charge in [-0.05, 0) is 63.4 Å². The number of sulfonamides is 1. The van der Waals surface area contributed by atoms with Gasteiger partial charge in [0, 0.05) is 24.7 Å². The molecule has 216 valence electrons. The number of benzene rings is 2. The maximum Gasteiger partial charge on any atom is 0.410 e. The number of amides is 3. The third-order valence-corrected chi connectivity index (χ3v) is 7.64. The van der Waals surface area contributed by atoms with Gasteiger partial charge in [-0.1, -0.05) is 24.3 Å². The summed E-state index contributed by atoms with van der Waals surface area (Å²) in [5.41, 5.74) is 7.63. The van der Waals surface area contributed by atoms with Crippen molar-refractivity contribution in [1.29, 1.82) is 0 Å². The summed E-state index contributed by atoms with van der Waals surface area (Å²) in [5.74, 6) is -1.43. The number of carbonyl (C=O) groups excluding carboxylic acids is 3. The molecule has 4 rings (SSSR count). The molecule has 0 spiro atoms. The Hall–Kier alpha value is -4.52. The zero-order valence-corrected chi connectivity index (χ0v) is 24.0. The fraction of sp³-hybridized carbons (Fsp3) is 0.321. The summed E-state index contributed by atoms with van der Waals surface area (Å²) in [6, 6.07) is 12.7. The Kier molecular flexibility index (Phi) is 8.29. The monoisotopic (exact) mass is 580 g/mol. The Morgan fingerprint density at radius 2 is 1.71 bits per heavy atom. The number of hydrogen-bond acceptors (Lipinski definition) is 9. The van der Waals surface area contributed by atoms with E-state index >= 15 is 0 Å². The van der Waals surface area contributed by atoms with Gasteiger partial charge in [-0.25, -0.2) is 27.9 Å². The third kappa shape index (κ3) is 7.17. The second kappa shape index (κ2) is 11.5. The van der Waals surface area contributed by atoms with Crippen LogP contribution in [0, 0.1) is 0 Å². The zero-order chi connectivity index (χ0) is 29.9. The molecule has 0 bridgehead atoms. The van der Waals surface area contributed by atoms with Crippen LogP contribution in [0.3, 0.4) is 0 Å². The van der Waals surface area contributed by atoms with Crippen LogP contribution in [0.25, 0.3) is 11.3 Å². The molecule has 0 saturated carbocycles. The summed E-state index contributed by atoms with van der Waals surface area (Å²) in [5, 5.41) is 2.62. The van der Waals surface area contributed by atoms with E-state index in [0.29, 0.717) is 23.5 Å². The molecule has 0 unspecified atom stereocenters. The van der Waals surface area contributed by atoms with Gasteiger partial charge in [0.05, 0.1) is 22.8 Å². The van der Waals surface area contributed by atoms with Crippen LogP contribution in [0.15, 0.2) is 59.6 Å². The van der Waals surface area contributed by atoms with Crippen molar-refractivity contribution in [2.45, 2.75) is 57.1 Å². The number of aromatic nitrogens is 2. The van der Waals surface area contributed by atoms with Crippen molar-refractivity contribution in [3.05, 3.63) is 66.0 Å². The maximum atomic E-state index is 13.0. The molecule has 3 aromatic rings. The molecule has 12 nitrogen and oxygen atoms in total. The molecule has 1 aliphatic heterocycles. The number of likely N-dealkylation sites (tertiary alicyclic amines) is 1. The number of nitrogens with zero attached hydrogens (tertiary/aromatic N) is 3. The molecule has 4 N–H and O–H groups in total. The Morgan fingerprint density at radius 1 is 1.05 bits per heavy atom. The van der Waals surface area contributed by atoms with Gasteiger partial charge in [-0.15, -0.1) is 0 Å². The highest BCUT2D eigenvalue weighted by Gasteiger charge is 2.33. The number of hydrogen-bond donors (Lipinski definition) is 3. The maximum absolute atomic E-state index is 13.0. The Morgan fingerprint density at radius 3 is 2.32 bits per heavy atom. The van der Waals surface area contributed by atoms with Crippen molar-refractivity contribution in [3.63, 3.8) is 0 Å². The molecule has 41 heavy (non-hydrogen) atoms. The van der Waals surface area contributed by atoms with Crippen LogP contribution in [0.4, 0.5) is 16.3 Å². The van der Waals surface area contributed by atoms with Crippen LogP contribution in [-0.4, -0.2) is 53.3 Å². The minimum Gasteiger partial charge on any atom is -0.444 e. The predicted molar refractivity (Wildman–Crippen MR) is 152 cm³/mol. The van der Waals surface area contributed by atoms with E-state index < -0.39 is 27.4 Å². The molecule has 1 atom stereocenters. The summed E-state index contributed by atoms with van der Waals surface area (Å²) >= 11 is 0. The Labute approximate surface area is 238 Å². The van der Waals surface area contributed by atoms with Gasteiger partial charge in [-0.2, -0.15) is 0 Å².